The Labute approximate surface area is 181 Å². The number of likely N-dealkylation sites (tertiary alicyclic amines) is 1. The maximum atomic E-state index is 9.71. The highest BCUT2D eigenvalue weighted by Gasteiger charge is 2.20. The molecule has 2 unspecified atom stereocenters. The zero-order valence-electron chi connectivity index (χ0n) is 17.0. The summed E-state index contributed by atoms with van der Waals surface area (Å²) in [6, 6.07) is 8.72. The van der Waals surface area contributed by atoms with Crippen molar-refractivity contribution in [2.24, 2.45) is 16.6 Å². The summed E-state index contributed by atoms with van der Waals surface area (Å²) < 4.78 is 0. The molecule has 5 nitrogen and oxygen atoms in total. The van der Waals surface area contributed by atoms with Gasteiger partial charge in [-0.05, 0) is 36.8 Å². The SMILES string of the molecule is CC(C)CCCC(C)NC(N)=NCc1ccccc1CN1CCC(O)C1.I. The van der Waals surface area contributed by atoms with Gasteiger partial charge in [0.05, 0.1) is 12.6 Å². The number of aliphatic imine (C=N–C) groups is 1. The lowest BCUT2D eigenvalue weighted by Gasteiger charge is -2.18. The monoisotopic (exact) mass is 488 g/mol. The van der Waals surface area contributed by atoms with E-state index >= 15 is 0 Å². The summed E-state index contributed by atoms with van der Waals surface area (Å²) in [5.41, 5.74) is 8.55. The number of benzene rings is 1. The van der Waals surface area contributed by atoms with Crippen LogP contribution in [-0.2, 0) is 13.1 Å². The van der Waals surface area contributed by atoms with Crippen molar-refractivity contribution < 1.29 is 5.11 Å². The third kappa shape index (κ3) is 9.25. The van der Waals surface area contributed by atoms with Gasteiger partial charge in [-0.1, -0.05) is 51.0 Å². The van der Waals surface area contributed by atoms with Gasteiger partial charge in [0, 0.05) is 25.7 Å². The average Bonchev–Trinajstić information content (AvgIpc) is 2.98. The molecule has 1 aliphatic heterocycles. The molecule has 1 aliphatic rings. The fourth-order valence-corrected chi connectivity index (χ4v) is 3.44. The van der Waals surface area contributed by atoms with E-state index in [-0.39, 0.29) is 30.1 Å². The van der Waals surface area contributed by atoms with Crippen LogP contribution in [0.15, 0.2) is 29.3 Å². The molecule has 4 N–H and O–H groups in total. The van der Waals surface area contributed by atoms with E-state index < -0.39 is 0 Å². The number of hydrogen-bond donors (Lipinski definition) is 3. The van der Waals surface area contributed by atoms with Gasteiger partial charge in [-0.2, -0.15) is 0 Å². The molecule has 0 saturated carbocycles. The Kier molecular flexibility index (Phi) is 11.3. The van der Waals surface area contributed by atoms with Crippen LogP contribution in [0, 0.1) is 5.92 Å². The van der Waals surface area contributed by atoms with Gasteiger partial charge in [0.25, 0.3) is 0 Å². The smallest absolute Gasteiger partial charge is 0.189 e. The van der Waals surface area contributed by atoms with Crippen molar-refractivity contribution in [3.05, 3.63) is 35.4 Å². The van der Waals surface area contributed by atoms with Gasteiger partial charge < -0.3 is 16.2 Å². The van der Waals surface area contributed by atoms with Gasteiger partial charge in [-0.3, -0.25) is 4.90 Å². The molecule has 0 amide bonds. The summed E-state index contributed by atoms with van der Waals surface area (Å²) >= 11 is 0. The minimum atomic E-state index is -0.183. The number of guanidine groups is 1. The zero-order chi connectivity index (χ0) is 18.9. The van der Waals surface area contributed by atoms with E-state index in [1.807, 2.05) is 6.07 Å². The van der Waals surface area contributed by atoms with Crippen LogP contribution in [0.1, 0.15) is 57.6 Å². The lowest BCUT2D eigenvalue weighted by molar-refractivity contribution is 0.174. The molecule has 27 heavy (non-hydrogen) atoms. The number of nitrogens with zero attached hydrogens (tertiary/aromatic N) is 2. The number of nitrogens with one attached hydrogen (secondary N) is 1. The Bertz CT molecular complexity index is 579. The second-order valence-electron chi connectivity index (χ2n) is 8.02. The third-order valence-corrected chi connectivity index (χ3v) is 4.99. The second-order valence-corrected chi connectivity index (χ2v) is 8.02. The molecule has 154 valence electrons. The number of rotatable bonds is 9. The maximum absolute atomic E-state index is 9.71. The van der Waals surface area contributed by atoms with Crippen LogP contribution in [0.2, 0.25) is 0 Å². The van der Waals surface area contributed by atoms with E-state index in [2.05, 4.69) is 54.2 Å². The fraction of sp³-hybridized carbons (Fsp3) is 0.667. The Balaban J connectivity index is 0.00000364. The largest absolute Gasteiger partial charge is 0.392 e. The summed E-state index contributed by atoms with van der Waals surface area (Å²) in [6.07, 6.45) is 4.26. The average molecular weight is 488 g/mol. The van der Waals surface area contributed by atoms with Gasteiger partial charge >= 0.3 is 0 Å². The molecule has 0 aromatic heterocycles. The van der Waals surface area contributed by atoms with Gasteiger partial charge in [0.1, 0.15) is 0 Å². The number of halogens is 1. The molecular formula is C21H37IN4O. The molecule has 1 aromatic carbocycles. The molecule has 1 fully saturated rings. The highest BCUT2D eigenvalue weighted by Crippen LogP contribution is 2.17. The Morgan fingerprint density at radius 1 is 1.26 bits per heavy atom. The molecule has 6 heteroatoms. The molecule has 2 rings (SSSR count). The van der Waals surface area contributed by atoms with E-state index in [9.17, 15) is 5.11 Å². The van der Waals surface area contributed by atoms with Gasteiger partial charge in [0.15, 0.2) is 5.96 Å². The summed E-state index contributed by atoms with van der Waals surface area (Å²) in [5.74, 6) is 1.27. The van der Waals surface area contributed by atoms with Crippen molar-refractivity contribution in [3.8, 4) is 0 Å². The first-order chi connectivity index (χ1) is 12.4. The number of aliphatic hydroxyl groups excluding tert-OH is 1. The predicted molar refractivity (Wildman–Crippen MR) is 124 cm³/mol. The van der Waals surface area contributed by atoms with E-state index in [1.165, 1.54) is 24.0 Å². The highest BCUT2D eigenvalue weighted by molar-refractivity contribution is 14.0. The van der Waals surface area contributed by atoms with Crippen LogP contribution >= 0.6 is 24.0 Å². The first-order valence-corrected chi connectivity index (χ1v) is 9.97. The van der Waals surface area contributed by atoms with E-state index in [0.29, 0.717) is 18.5 Å². The minimum absolute atomic E-state index is 0. The number of hydrogen-bond acceptors (Lipinski definition) is 3. The van der Waals surface area contributed by atoms with Gasteiger partial charge in [-0.15, -0.1) is 24.0 Å². The topological polar surface area (TPSA) is 73.9 Å². The van der Waals surface area contributed by atoms with Crippen molar-refractivity contribution >= 4 is 29.9 Å². The zero-order valence-corrected chi connectivity index (χ0v) is 19.4. The summed E-state index contributed by atoms with van der Waals surface area (Å²) in [4.78, 5) is 6.84. The van der Waals surface area contributed by atoms with Gasteiger partial charge in [-0.25, -0.2) is 4.99 Å². The van der Waals surface area contributed by atoms with E-state index in [0.717, 1.165) is 38.4 Å². The quantitative estimate of drug-likeness (QED) is 0.283. The van der Waals surface area contributed by atoms with Crippen molar-refractivity contribution in [2.75, 3.05) is 13.1 Å². The second kappa shape index (κ2) is 12.6. The molecule has 0 radical (unpaired) electrons. The van der Waals surface area contributed by atoms with Crippen LogP contribution in [-0.4, -0.2) is 41.2 Å². The minimum Gasteiger partial charge on any atom is -0.392 e. The Morgan fingerprint density at radius 2 is 1.96 bits per heavy atom. The molecule has 2 atom stereocenters. The fourth-order valence-electron chi connectivity index (χ4n) is 3.44. The lowest BCUT2D eigenvalue weighted by Crippen LogP contribution is -2.38. The van der Waals surface area contributed by atoms with Crippen LogP contribution < -0.4 is 11.1 Å². The summed E-state index contributed by atoms with van der Waals surface area (Å²) in [6.45, 7) is 9.84. The number of β-amino-alcohol motifs (C(OH)–C–C–N with tert-alkyl or cyclic N) is 1. The molecule has 0 bridgehead atoms. The van der Waals surface area contributed by atoms with Crippen LogP contribution in [0.4, 0.5) is 0 Å². The van der Waals surface area contributed by atoms with Crippen molar-refractivity contribution in [3.63, 3.8) is 0 Å². The molecule has 0 aliphatic carbocycles. The maximum Gasteiger partial charge on any atom is 0.189 e. The Morgan fingerprint density at radius 3 is 2.59 bits per heavy atom. The van der Waals surface area contributed by atoms with E-state index in [4.69, 9.17) is 5.73 Å². The molecule has 1 aromatic rings. The van der Waals surface area contributed by atoms with Crippen LogP contribution in [0.3, 0.4) is 0 Å². The highest BCUT2D eigenvalue weighted by atomic mass is 127. The van der Waals surface area contributed by atoms with Gasteiger partial charge in [0.2, 0.25) is 0 Å². The first kappa shape index (κ1) is 24.2. The van der Waals surface area contributed by atoms with Crippen molar-refractivity contribution in [1.82, 2.24) is 10.2 Å². The molecular weight excluding hydrogens is 451 g/mol. The molecule has 0 spiro atoms. The van der Waals surface area contributed by atoms with Crippen molar-refractivity contribution in [2.45, 2.75) is 71.7 Å². The first-order valence-electron chi connectivity index (χ1n) is 9.97. The van der Waals surface area contributed by atoms with E-state index in [1.54, 1.807) is 0 Å². The summed E-state index contributed by atoms with van der Waals surface area (Å²) in [7, 11) is 0. The number of aliphatic hydroxyl groups is 1. The predicted octanol–water partition coefficient (Wildman–Crippen LogP) is 3.49. The lowest BCUT2D eigenvalue weighted by atomic mass is 10.0. The normalized spacial score (nSPS) is 19.1. The number of nitrogens with two attached hydrogens (primary N) is 1. The Hall–Kier alpha value is -0.860. The molecule has 1 heterocycles. The van der Waals surface area contributed by atoms with Crippen molar-refractivity contribution in [1.29, 1.82) is 0 Å². The third-order valence-electron chi connectivity index (χ3n) is 4.99. The van der Waals surface area contributed by atoms with Crippen LogP contribution in [0.5, 0.6) is 0 Å². The standard InChI is InChI=1S/C21H36N4O.HI/c1-16(2)7-6-8-17(3)24-21(22)23-13-18-9-4-5-10-19(18)14-25-12-11-20(26)15-25;/h4-5,9-10,16-17,20,26H,6-8,11-15H2,1-3H3,(H3,22,23,24);1H. The molecule has 1 saturated heterocycles. The van der Waals surface area contributed by atoms with Crippen LogP contribution in [0.25, 0.3) is 0 Å². The summed E-state index contributed by atoms with van der Waals surface area (Å²) in [5, 5.41) is 13.0.